The van der Waals surface area contributed by atoms with E-state index in [0.29, 0.717) is 16.6 Å². The van der Waals surface area contributed by atoms with Crippen LogP contribution in [0.3, 0.4) is 0 Å². The lowest BCUT2D eigenvalue weighted by Gasteiger charge is -2.61. The predicted molar refractivity (Wildman–Crippen MR) is 83.6 cm³/mol. The van der Waals surface area contributed by atoms with Crippen LogP contribution >= 0.6 is 15.9 Å². The van der Waals surface area contributed by atoms with Gasteiger partial charge in [0, 0.05) is 33.5 Å². The van der Waals surface area contributed by atoms with Gasteiger partial charge < -0.3 is 15.4 Å². The second kappa shape index (κ2) is 4.75. The molecule has 1 heterocycles. The van der Waals surface area contributed by atoms with Gasteiger partial charge in [-0.25, -0.2) is 0 Å². The standard InChI is InChI=1S/C14H18BrN5O3/c1-8(21)17-13-3-9-2-10(4-13)6-14(5-9,7-13)19-11(15)16-12(18-19)20(22)23/h9-10H,2-7H2,1H3,(H,17,21)/t9-,10-,13?,14?/m0/s1. The van der Waals surface area contributed by atoms with Crippen LogP contribution in [0.15, 0.2) is 4.73 Å². The number of aromatic nitrogens is 3. The second-order valence-corrected chi connectivity index (χ2v) is 8.21. The summed E-state index contributed by atoms with van der Waals surface area (Å²) in [5, 5.41) is 18.3. The van der Waals surface area contributed by atoms with Gasteiger partial charge >= 0.3 is 5.95 Å². The van der Waals surface area contributed by atoms with E-state index in [1.54, 1.807) is 11.6 Å². The molecule has 1 amide bonds. The van der Waals surface area contributed by atoms with Crippen LogP contribution in [0.5, 0.6) is 0 Å². The minimum absolute atomic E-state index is 0.00858. The molecule has 4 bridgehead atoms. The molecule has 0 radical (unpaired) electrons. The van der Waals surface area contributed by atoms with Crippen LogP contribution in [0, 0.1) is 22.0 Å². The van der Waals surface area contributed by atoms with E-state index in [1.165, 1.54) is 6.42 Å². The minimum atomic E-state index is -0.564. The molecule has 4 fully saturated rings. The highest BCUT2D eigenvalue weighted by atomic mass is 79.9. The molecule has 23 heavy (non-hydrogen) atoms. The second-order valence-electron chi connectivity index (χ2n) is 7.50. The van der Waals surface area contributed by atoms with Crippen molar-refractivity contribution in [1.82, 2.24) is 20.1 Å². The predicted octanol–water partition coefficient (Wildman–Crippen LogP) is 2.13. The summed E-state index contributed by atoms with van der Waals surface area (Å²) in [4.78, 5) is 26.0. The third-order valence-corrected chi connectivity index (χ3v) is 6.15. The maximum absolute atomic E-state index is 11.7. The minimum Gasteiger partial charge on any atom is -0.390 e. The third-order valence-electron chi connectivity index (χ3n) is 5.64. The molecule has 124 valence electrons. The summed E-state index contributed by atoms with van der Waals surface area (Å²) in [6, 6.07) is 0. The first kappa shape index (κ1) is 15.0. The number of rotatable bonds is 3. The Bertz CT molecular complexity index is 689. The maximum Gasteiger partial charge on any atom is 0.492 e. The van der Waals surface area contributed by atoms with E-state index in [0.717, 1.165) is 32.1 Å². The molecule has 0 aromatic carbocycles. The zero-order valence-corrected chi connectivity index (χ0v) is 14.4. The third kappa shape index (κ3) is 2.28. The van der Waals surface area contributed by atoms with Crippen LogP contribution < -0.4 is 5.32 Å². The lowest BCUT2D eigenvalue weighted by atomic mass is 9.50. The molecule has 5 rings (SSSR count). The molecule has 0 spiro atoms. The molecule has 0 unspecified atom stereocenters. The molecule has 9 heteroatoms. The lowest BCUT2D eigenvalue weighted by molar-refractivity contribution is -0.394. The first-order valence-electron chi connectivity index (χ1n) is 7.87. The number of hydrogen-bond donors (Lipinski definition) is 1. The Morgan fingerprint density at radius 2 is 2.04 bits per heavy atom. The van der Waals surface area contributed by atoms with Gasteiger partial charge in [0.1, 0.15) is 0 Å². The Hall–Kier alpha value is -1.51. The summed E-state index contributed by atoms with van der Waals surface area (Å²) in [6.45, 7) is 1.56. The van der Waals surface area contributed by atoms with E-state index < -0.39 is 4.92 Å². The number of nitrogens with one attached hydrogen (secondary N) is 1. The topological polar surface area (TPSA) is 103 Å². The first-order chi connectivity index (χ1) is 10.8. The van der Waals surface area contributed by atoms with E-state index in [2.05, 4.69) is 31.3 Å². The highest BCUT2D eigenvalue weighted by molar-refractivity contribution is 9.10. The van der Waals surface area contributed by atoms with Gasteiger partial charge in [0.05, 0.1) is 5.54 Å². The highest BCUT2D eigenvalue weighted by Crippen LogP contribution is 2.60. The van der Waals surface area contributed by atoms with E-state index in [1.807, 2.05) is 0 Å². The molecule has 1 aromatic rings. The number of nitro groups is 1. The van der Waals surface area contributed by atoms with Crippen LogP contribution in [0.1, 0.15) is 45.4 Å². The Labute approximate surface area is 141 Å². The SMILES string of the molecule is CC(=O)NC12C[C@@H]3C[C@@H](C1)CC(n1nc([N+](=O)[O-])nc1Br)(C3)C2. The molecule has 0 aliphatic heterocycles. The number of carbonyl (C=O) groups is 1. The number of carbonyl (C=O) groups excluding carboxylic acids is 1. The Morgan fingerprint density at radius 3 is 2.57 bits per heavy atom. The van der Waals surface area contributed by atoms with Gasteiger partial charge in [-0.05, 0) is 60.3 Å². The van der Waals surface area contributed by atoms with E-state index in [9.17, 15) is 14.9 Å². The summed E-state index contributed by atoms with van der Waals surface area (Å²) in [5.74, 6) is 0.670. The average molecular weight is 384 g/mol. The zero-order chi connectivity index (χ0) is 16.4. The van der Waals surface area contributed by atoms with Crippen molar-refractivity contribution in [2.45, 2.75) is 56.5 Å². The van der Waals surface area contributed by atoms with Crippen molar-refractivity contribution in [3.05, 3.63) is 14.8 Å². The fourth-order valence-electron chi connectivity index (χ4n) is 5.64. The van der Waals surface area contributed by atoms with E-state index in [4.69, 9.17) is 0 Å². The van der Waals surface area contributed by atoms with Gasteiger partial charge in [0.25, 0.3) is 4.73 Å². The monoisotopic (exact) mass is 383 g/mol. The number of nitrogens with zero attached hydrogens (tertiary/aromatic N) is 4. The molecule has 8 nitrogen and oxygen atoms in total. The zero-order valence-electron chi connectivity index (χ0n) is 12.8. The fraction of sp³-hybridized carbons (Fsp3) is 0.786. The highest BCUT2D eigenvalue weighted by Gasteiger charge is 2.60. The van der Waals surface area contributed by atoms with Gasteiger partial charge in [-0.1, -0.05) is 0 Å². The van der Waals surface area contributed by atoms with Gasteiger partial charge in [0.2, 0.25) is 5.91 Å². The normalized spacial score (nSPS) is 37.8. The summed E-state index contributed by atoms with van der Waals surface area (Å²) >= 11 is 3.34. The summed E-state index contributed by atoms with van der Waals surface area (Å²) in [5.41, 5.74) is -0.483. The van der Waals surface area contributed by atoms with Gasteiger partial charge in [-0.3, -0.25) is 4.79 Å². The lowest BCUT2D eigenvalue weighted by Crippen LogP contribution is -2.65. The molecule has 1 aromatic heterocycles. The quantitative estimate of drug-likeness (QED) is 0.635. The van der Waals surface area contributed by atoms with Gasteiger partial charge in [-0.15, -0.1) is 0 Å². The Morgan fingerprint density at radius 1 is 1.39 bits per heavy atom. The Balaban J connectivity index is 1.76. The molecular formula is C14H18BrN5O3. The Kier molecular flexibility index (Phi) is 3.11. The van der Waals surface area contributed by atoms with Crippen LogP contribution in [0.2, 0.25) is 0 Å². The first-order valence-corrected chi connectivity index (χ1v) is 8.66. The summed E-state index contributed by atoms with van der Waals surface area (Å²) in [6.07, 6.45) is 5.84. The maximum atomic E-state index is 11.7. The van der Waals surface area contributed by atoms with Gasteiger partial charge in [0.15, 0.2) is 0 Å². The van der Waals surface area contributed by atoms with Crippen LogP contribution in [0.25, 0.3) is 0 Å². The number of amides is 1. The molecule has 2 atom stereocenters. The summed E-state index contributed by atoms with van der Waals surface area (Å²) < 4.78 is 2.11. The molecule has 4 aliphatic carbocycles. The number of halogens is 1. The van der Waals surface area contributed by atoms with Crippen LogP contribution in [-0.2, 0) is 10.3 Å². The summed E-state index contributed by atoms with van der Waals surface area (Å²) in [7, 11) is 0. The average Bonchev–Trinajstić information content (AvgIpc) is 2.78. The molecule has 4 aliphatic rings. The van der Waals surface area contributed by atoms with Crippen LogP contribution in [0.4, 0.5) is 5.95 Å². The van der Waals surface area contributed by atoms with Crippen molar-refractivity contribution in [3.63, 3.8) is 0 Å². The fourth-order valence-corrected chi connectivity index (χ4v) is 6.26. The van der Waals surface area contributed by atoms with E-state index >= 15 is 0 Å². The van der Waals surface area contributed by atoms with Gasteiger partial charge in [-0.2, -0.15) is 4.68 Å². The van der Waals surface area contributed by atoms with Crippen molar-refractivity contribution < 1.29 is 9.72 Å². The van der Waals surface area contributed by atoms with Crippen molar-refractivity contribution in [2.75, 3.05) is 0 Å². The van der Waals surface area contributed by atoms with Crippen molar-refractivity contribution in [1.29, 1.82) is 0 Å². The molecule has 0 saturated heterocycles. The van der Waals surface area contributed by atoms with Crippen LogP contribution in [-0.4, -0.2) is 31.1 Å². The molecular weight excluding hydrogens is 366 g/mol. The van der Waals surface area contributed by atoms with Crippen molar-refractivity contribution in [2.24, 2.45) is 11.8 Å². The van der Waals surface area contributed by atoms with E-state index in [-0.39, 0.29) is 22.9 Å². The smallest absolute Gasteiger partial charge is 0.390 e. The largest absolute Gasteiger partial charge is 0.492 e. The van der Waals surface area contributed by atoms with Crippen molar-refractivity contribution >= 4 is 27.8 Å². The molecule has 4 saturated carbocycles. The molecule has 1 N–H and O–H groups in total. The number of hydrogen-bond acceptors (Lipinski definition) is 5. The van der Waals surface area contributed by atoms with Crippen molar-refractivity contribution in [3.8, 4) is 0 Å².